The van der Waals surface area contributed by atoms with Crippen LogP contribution in [0.4, 0.5) is 4.79 Å². The summed E-state index contributed by atoms with van der Waals surface area (Å²) in [4.78, 5) is 69.6. The molecule has 5 amide bonds. The lowest BCUT2D eigenvalue weighted by Gasteiger charge is -2.35. The molecule has 1 saturated heterocycles. The molecule has 7 atom stereocenters. The van der Waals surface area contributed by atoms with E-state index >= 15 is 0 Å². The van der Waals surface area contributed by atoms with Crippen LogP contribution in [0.5, 0.6) is 0 Å². The first-order valence-corrected chi connectivity index (χ1v) is 17.4. The number of nitrogens with one attached hydrogen (secondary N) is 4. The monoisotopic (exact) mass is 665 g/mol. The Labute approximate surface area is 288 Å². The van der Waals surface area contributed by atoms with Crippen LogP contribution in [0.15, 0.2) is 79.9 Å². The molecule has 0 bridgehead atoms. The third-order valence-corrected chi connectivity index (χ3v) is 11.1. The maximum Gasteiger partial charge on any atom is 0.315 e. The number of carbonyl (C=O) groups is 5. The fourth-order valence-corrected chi connectivity index (χ4v) is 8.20. The number of piperidine rings is 1. The zero-order valence-corrected chi connectivity index (χ0v) is 28.3. The molecule has 49 heavy (non-hydrogen) atoms. The predicted octanol–water partition coefficient (Wildman–Crippen LogP) is 3.43. The van der Waals surface area contributed by atoms with Crippen molar-refractivity contribution in [1.29, 1.82) is 0 Å². The Morgan fingerprint density at radius 1 is 0.939 bits per heavy atom. The number of carbonyl (C=O) groups excluding carboxylic acids is 5. The summed E-state index contributed by atoms with van der Waals surface area (Å²) in [6, 6.07) is 14.9. The van der Waals surface area contributed by atoms with Crippen molar-refractivity contribution in [2.75, 3.05) is 13.1 Å². The predicted molar refractivity (Wildman–Crippen MR) is 186 cm³/mol. The molecule has 1 aliphatic heterocycles. The molecule has 258 valence electrons. The topological polar surface area (TPSA) is 137 Å². The average Bonchev–Trinajstić information content (AvgIpc) is 3.78. The Hall–Kier alpha value is -4.73. The van der Waals surface area contributed by atoms with E-state index in [1.165, 1.54) is 11.6 Å². The summed E-state index contributed by atoms with van der Waals surface area (Å²) in [7, 11) is 0. The molecule has 1 heterocycles. The summed E-state index contributed by atoms with van der Waals surface area (Å²) >= 11 is 0. The van der Waals surface area contributed by atoms with E-state index < -0.39 is 41.8 Å². The van der Waals surface area contributed by atoms with Crippen molar-refractivity contribution in [3.05, 3.63) is 96.6 Å². The zero-order valence-electron chi connectivity index (χ0n) is 28.3. The third-order valence-electron chi connectivity index (χ3n) is 11.1. The van der Waals surface area contributed by atoms with E-state index in [1.807, 2.05) is 30.3 Å². The summed E-state index contributed by atoms with van der Waals surface area (Å²) in [5.41, 5.74) is 3.29. The molecule has 3 fully saturated rings. The van der Waals surface area contributed by atoms with Crippen LogP contribution in [-0.2, 0) is 32.0 Å². The maximum atomic E-state index is 14.7. The Morgan fingerprint density at radius 2 is 1.61 bits per heavy atom. The van der Waals surface area contributed by atoms with Gasteiger partial charge in [0, 0.05) is 25.0 Å². The van der Waals surface area contributed by atoms with Crippen LogP contribution < -0.4 is 21.3 Å². The van der Waals surface area contributed by atoms with Crippen LogP contribution >= 0.6 is 0 Å². The van der Waals surface area contributed by atoms with E-state index in [-0.39, 0.29) is 54.0 Å². The molecule has 0 spiro atoms. The average molecular weight is 666 g/mol. The quantitative estimate of drug-likeness (QED) is 0.181. The van der Waals surface area contributed by atoms with Gasteiger partial charge in [-0.15, -0.1) is 13.2 Å². The number of likely N-dealkylation sites (tertiary alicyclic amines) is 1. The number of ketones is 1. The first kappa shape index (κ1) is 34.1. The molecule has 10 heteroatoms. The number of hydrogen-bond donors (Lipinski definition) is 4. The number of rotatable bonds is 14. The lowest BCUT2D eigenvalue weighted by molar-refractivity contribution is -0.144. The van der Waals surface area contributed by atoms with Gasteiger partial charge >= 0.3 is 6.03 Å². The lowest BCUT2D eigenvalue weighted by Crippen LogP contribution is -2.60. The highest BCUT2D eigenvalue weighted by Gasteiger charge is 2.69. The number of amides is 5. The lowest BCUT2D eigenvalue weighted by atomic mass is 9.93. The maximum absolute atomic E-state index is 14.7. The second-order valence-corrected chi connectivity index (χ2v) is 14.6. The van der Waals surface area contributed by atoms with Gasteiger partial charge in [-0.3, -0.25) is 19.2 Å². The van der Waals surface area contributed by atoms with E-state index in [0.717, 1.165) is 17.5 Å². The smallest absolute Gasteiger partial charge is 0.315 e. The zero-order chi connectivity index (χ0) is 34.9. The summed E-state index contributed by atoms with van der Waals surface area (Å²) in [5, 5.41) is 11.5. The van der Waals surface area contributed by atoms with Gasteiger partial charge in [0.15, 0.2) is 0 Å². The number of Topliss-reactive ketones (excluding diaryl/α,β-unsaturated/α-hetero) is 1. The summed E-state index contributed by atoms with van der Waals surface area (Å²) < 4.78 is 0. The minimum Gasteiger partial charge on any atom is -0.346 e. The SMILES string of the molecule is C=CCCC(NC(=O)[C@@H]1C2C(CN1C(=O)[C@@H](NC(=O)NC1CC1c1ccccc1)C1Cc3ccccc3C1)C2(C)C)C(=O)C(=O)NCC=C. The molecular formula is C39H47N5O5. The molecular weight excluding hydrogens is 618 g/mol. The van der Waals surface area contributed by atoms with Gasteiger partial charge in [0.25, 0.3) is 5.91 Å². The minimum atomic E-state index is -1.08. The normalized spacial score (nSPS) is 25.5. The van der Waals surface area contributed by atoms with Crippen molar-refractivity contribution in [3.63, 3.8) is 0 Å². The van der Waals surface area contributed by atoms with Gasteiger partial charge in [0.05, 0.1) is 6.04 Å². The Kier molecular flexibility index (Phi) is 9.77. The van der Waals surface area contributed by atoms with Gasteiger partial charge < -0.3 is 26.2 Å². The largest absolute Gasteiger partial charge is 0.346 e. The van der Waals surface area contributed by atoms with Crippen LogP contribution in [-0.4, -0.2) is 71.7 Å². The highest BCUT2D eigenvalue weighted by molar-refractivity contribution is 6.38. The Morgan fingerprint density at radius 3 is 2.27 bits per heavy atom. The molecule has 2 aromatic carbocycles. The number of benzene rings is 2. The van der Waals surface area contributed by atoms with E-state index in [9.17, 15) is 24.0 Å². The highest BCUT2D eigenvalue weighted by atomic mass is 16.2. The van der Waals surface area contributed by atoms with Crippen LogP contribution in [0, 0.1) is 23.2 Å². The van der Waals surface area contributed by atoms with Crippen molar-refractivity contribution in [2.24, 2.45) is 23.2 Å². The van der Waals surface area contributed by atoms with E-state index in [4.69, 9.17) is 0 Å². The number of urea groups is 1. The molecule has 10 nitrogen and oxygen atoms in total. The van der Waals surface area contributed by atoms with Crippen LogP contribution in [0.2, 0.25) is 0 Å². The molecule has 4 N–H and O–H groups in total. The molecule has 2 saturated carbocycles. The Bertz CT molecular complexity index is 1610. The van der Waals surface area contributed by atoms with Gasteiger partial charge in [-0.1, -0.05) is 80.6 Å². The second kappa shape index (κ2) is 14.0. The van der Waals surface area contributed by atoms with Gasteiger partial charge in [0.2, 0.25) is 17.6 Å². The van der Waals surface area contributed by atoms with Crippen LogP contribution in [0.1, 0.15) is 55.7 Å². The molecule has 3 aliphatic carbocycles. The third kappa shape index (κ3) is 7.05. The molecule has 0 aromatic heterocycles. The fraction of sp³-hybridized carbons (Fsp3) is 0.462. The van der Waals surface area contributed by atoms with Crippen LogP contribution in [0.3, 0.4) is 0 Å². The van der Waals surface area contributed by atoms with Crippen LogP contribution in [0.25, 0.3) is 0 Å². The van der Waals surface area contributed by atoms with E-state index in [0.29, 0.717) is 25.8 Å². The Balaban J connectivity index is 1.21. The number of allylic oxidation sites excluding steroid dienone is 1. The second-order valence-electron chi connectivity index (χ2n) is 14.6. The molecule has 5 unspecified atom stereocenters. The summed E-state index contributed by atoms with van der Waals surface area (Å²) in [6.07, 6.45) is 5.79. The van der Waals surface area contributed by atoms with E-state index in [2.05, 4.69) is 72.5 Å². The van der Waals surface area contributed by atoms with Crippen molar-refractivity contribution < 1.29 is 24.0 Å². The van der Waals surface area contributed by atoms with Crippen molar-refractivity contribution in [3.8, 4) is 0 Å². The van der Waals surface area contributed by atoms with Crippen molar-refractivity contribution in [2.45, 2.75) is 76.0 Å². The van der Waals surface area contributed by atoms with Gasteiger partial charge in [-0.2, -0.15) is 0 Å². The van der Waals surface area contributed by atoms with Gasteiger partial charge in [-0.05, 0) is 72.0 Å². The first-order valence-electron chi connectivity index (χ1n) is 17.4. The number of fused-ring (bicyclic) bond motifs is 2. The van der Waals surface area contributed by atoms with E-state index in [1.54, 1.807) is 11.0 Å². The van der Waals surface area contributed by atoms with Crippen molar-refractivity contribution in [1.82, 2.24) is 26.2 Å². The minimum absolute atomic E-state index is 0.0219. The summed E-state index contributed by atoms with van der Waals surface area (Å²) in [6.45, 7) is 12.0. The highest BCUT2D eigenvalue weighted by Crippen LogP contribution is 2.65. The van der Waals surface area contributed by atoms with Crippen molar-refractivity contribution >= 4 is 29.5 Å². The fourth-order valence-electron chi connectivity index (χ4n) is 8.20. The molecule has 6 rings (SSSR count). The molecule has 0 radical (unpaired) electrons. The molecule has 2 aromatic rings. The number of hydrogen-bond acceptors (Lipinski definition) is 5. The first-order chi connectivity index (χ1) is 23.5. The summed E-state index contributed by atoms with van der Waals surface area (Å²) in [5.74, 6) is -2.31. The molecule has 4 aliphatic rings. The van der Waals surface area contributed by atoms with Gasteiger partial charge in [0.1, 0.15) is 12.1 Å². The van der Waals surface area contributed by atoms with Gasteiger partial charge in [-0.25, -0.2) is 4.79 Å². The number of nitrogens with zero attached hydrogens (tertiary/aromatic N) is 1. The standard InChI is InChI=1S/C39H47N5O5/c1-5-7-17-29(34(45)36(47)40-18-6-2)41-35(46)33-31-28(39(31,3)4)22-44(33)37(48)32(26-19-24-15-11-12-16-25(24)20-26)43-38(49)42-30-21-27(30)23-13-9-8-10-14-23/h5-6,8-16,26-33H,1-2,7,17-22H2,3-4H3,(H,40,47)(H,41,46)(H2,42,43,49)/t27?,28?,29?,30?,31?,32-,33-/m0/s1.